The van der Waals surface area contributed by atoms with Crippen LogP contribution in [0.3, 0.4) is 0 Å². The Hall–Kier alpha value is -0.120. The van der Waals surface area contributed by atoms with E-state index in [1.807, 2.05) is 0 Å². The van der Waals surface area contributed by atoms with Crippen LogP contribution in [0.2, 0.25) is 0 Å². The Kier molecular flexibility index (Phi) is 3.77. The molecule has 0 amide bonds. The van der Waals surface area contributed by atoms with Gasteiger partial charge in [0.25, 0.3) is 0 Å². The second-order valence-electron chi connectivity index (χ2n) is 1.44. The minimum absolute atomic E-state index is 0.0433. The van der Waals surface area contributed by atoms with Crippen LogP contribution in [0.1, 0.15) is 0 Å². The topological polar surface area (TPSA) is 69.1 Å². The van der Waals surface area contributed by atoms with E-state index in [9.17, 15) is 4.79 Å². The second kappa shape index (κ2) is 3.83. The van der Waals surface area contributed by atoms with E-state index in [1.165, 1.54) is 0 Å². The summed E-state index contributed by atoms with van der Waals surface area (Å²) < 4.78 is 0. The van der Waals surface area contributed by atoms with Gasteiger partial charge in [0.15, 0.2) is 5.78 Å². The molecule has 0 spiro atoms. The third-order valence-corrected chi connectivity index (χ3v) is 1.06. The van der Waals surface area contributed by atoms with Crippen LogP contribution >= 0.6 is 11.6 Å². The zero-order chi connectivity index (χ0) is 6.57. The maximum absolute atomic E-state index is 10.4. The molecule has 0 aliphatic heterocycles. The number of ketones is 1. The van der Waals surface area contributed by atoms with E-state index in [4.69, 9.17) is 23.1 Å². The van der Waals surface area contributed by atoms with Crippen LogP contribution in [0.5, 0.6) is 0 Å². The van der Waals surface area contributed by atoms with E-state index in [0.29, 0.717) is 0 Å². The third-order valence-electron chi connectivity index (χ3n) is 0.799. The van der Waals surface area contributed by atoms with Gasteiger partial charge in [-0.05, 0) is 0 Å². The fourth-order valence-electron chi connectivity index (χ4n) is 0.231. The van der Waals surface area contributed by atoms with Crippen molar-refractivity contribution in [2.75, 3.05) is 12.4 Å². The Morgan fingerprint density at radius 2 is 2.25 bits per heavy atom. The first-order chi connectivity index (χ1) is 3.72. The second-order valence-corrected chi connectivity index (χ2v) is 1.71. The Balaban J connectivity index is 3.46. The largest absolute Gasteiger partial charge is 0.328 e. The number of carbonyl (C=O) groups excluding carboxylic acids is 1. The summed E-state index contributed by atoms with van der Waals surface area (Å²) >= 11 is 5.14. The van der Waals surface area contributed by atoms with Crippen LogP contribution in [0, 0.1) is 0 Å². The third kappa shape index (κ3) is 2.26. The van der Waals surface area contributed by atoms with Gasteiger partial charge in [-0.15, -0.1) is 11.6 Å². The molecule has 0 saturated carbocycles. The van der Waals surface area contributed by atoms with Gasteiger partial charge in [0.1, 0.15) is 0 Å². The molecular formula is C4H9ClN2O. The number of hydrogen-bond donors (Lipinski definition) is 2. The summed E-state index contributed by atoms with van der Waals surface area (Å²) in [6, 6.07) is -0.576. The van der Waals surface area contributed by atoms with Crippen molar-refractivity contribution in [1.29, 1.82) is 0 Å². The predicted octanol–water partition coefficient (Wildman–Crippen LogP) is -0.920. The molecule has 0 bridgehead atoms. The summed E-state index contributed by atoms with van der Waals surface area (Å²) in [4.78, 5) is 10.4. The molecule has 1 unspecified atom stereocenters. The summed E-state index contributed by atoms with van der Waals surface area (Å²) in [7, 11) is 0. The van der Waals surface area contributed by atoms with E-state index < -0.39 is 6.04 Å². The molecule has 1 atom stereocenters. The van der Waals surface area contributed by atoms with Crippen molar-refractivity contribution in [2.45, 2.75) is 6.04 Å². The monoisotopic (exact) mass is 136 g/mol. The van der Waals surface area contributed by atoms with Crippen molar-refractivity contribution in [3.63, 3.8) is 0 Å². The number of alkyl halides is 1. The van der Waals surface area contributed by atoms with Crippen LogP contribution in [0.4, 0.5) is 0 Å². The molecule has 0 radical (unpaired) electrons. The van der Waals surface area contributed by atoms with E-state index >= 15 is 0 Å². The molecule has 0 aliphatic carbocycles. The van der Waals surface area contributed by atoms with Gasteiger partial charge in [0.05, 0.1) is 11.9 Å². The van der Waals surface area contributed by atoms with E-state index in [-0.39, 0.29) is 18.2 Å². The lowest BCUT2D eigenvalue weighted by Gasteiger charge is -2.01. The van der Waals surface area contributed by atoms with E-state index in [0.717, 1.165) is 0 Å². The van der Waals surface area contributed by atoms with Crippen molar-refractivity contribution >= 4 is 17.4 Å². The molecule has 48 valence electrons. The first-order valence-corrected chi connectivity index (χ1v) is 2.80. The summed E-state index contributed by atoms with van der Waals surface area (Å²) in [6.45, 7) is 0.172. The molecule has 4 N–H and O–H groups in total. The number of nitrogens with two attached hydrogens (primary N) is 2. The number of rotatable bonds is 3. The molecule has 0 aromatic carbocycles. The Morgan fingerprint density at radius 1 is 1.75 bits per heavy atom. The van der Waals surface area contributed by atoms with Crippen molar-refractivity contribution in [3.8, 4) is 0 Å². The molecule has 4 heteroatoms. The molecule has 0 rings (SSSR count). The fourth-order valence-corrected chi connectivity index (χ4v) is 0.429. The first-order valence-electron chi connectivity index (χ1n) is 2.26. The molecule has 0 fully saturated rings. The van der Waals surface area contributed by atoms with Crippen LogP contribution in [-0.4, -0.2) is 24.2 Å². The molecule has 8 heavy (non-hydrogen) atoms. The van der Waals surface area contributed by atoms with Gasteiger partial charge < -0.3 is 11.5 Å². The minimum atomic E-state index is -0.576. The zero-order valence-corrected chi connectivity index (χ0v) is 5.19. The Bertz CT molecular complexity index is 86.1. The average Bonchev–Trinajstić information content (AvgIpc) is 1.84. The van der Waals surface area contributed by atoms with Crippen LogP contribution in [-0.2, 0) is 4.79 Å². The van der Waals surface area contributed by atoms with Crippen LogP contribution in [0.15, 0.2) is 0 Å². The molecule has 3 nitrogen and oxygen atoms in total. The van der Waals surface area contributed by atoms with Crippen molar-refractivity contribution in [3.05, 3.63) is 0 Å². The van der Waals surface area contributed by atoms with Crippen molar-refractivity contribution in [2.24, 2.45) is 11.5 Å². The zero-order valence-electron chi connectivity index (χ0n) is 4.43. The quantitative estimate of drug-likeness (QED) is 0.493. The fraction of sp³-hybridized carbons (Fsp3) is 0.750. The van der Waals surface area contributed by atoms with Gasteiger partial charge in [-0.3, -0.25) is 4.79 Å². The summed E-state index contributed by atoms with van der Waals surface area (Å²) in [6.07, 6.45) is 0. The lowest BCUT2D eigenvalue weighted by atomic mass is 10.2. The van der Waals surface area contributed by atoms with Crippen LogP contribution in [0.25, 0.3) is 0 Å². The standard InChI is InChI=1S/C4H9ClN2O/c5-1-4(8)3(7)2-6/h3H,1-2,6-7H2. The van der Waals surface area contributed by atoms with E-state index in [2.05, 4.69) is 0 Å². The van der Waals surface area contributed by atoms with Gasteiger partial charge in [-0.1, -0.05) is 0 Å². The lowest BCUT2D eigenvalue weighted by molar-refractivity contribution is -0.117. The van der Waals surface area contributed by atoms with Gasteiger partial charge in [-0.25, -0.2) is 0 Å². The van der Waals surface area contributed by atoms with Gasteiger partial charge in [0.2, 0.25) is 0 Å². The molecule has 0 aliphatic rings. The van der Waals surface area contributed by atoms with Gasteiger partial charge in [-0.2, -0.15) is 0 Å². The molecule has 0 heterocycles. The molecule has 0 aromatic heterocycles. The number of Topliss-reactive ketones (excluding diaryl/α,β-unsaturated/α-hetero) is 1. The summed E-state index contributed by atoms with van der Waals surface area (Å²) in [5, 5.41) is 0. The minimum Gasteiger partial charge on any atom is -0.328 e. The SMILES string of the molecule is NCC(N)C(=O)CCl. The predicted molar refractivity (Wildman–Crippen MR) is 32.8 cm³/mol. The highest BCUT2D eigenvalue weighted by molar-refractivity contribution is 6.28. The highest BCUT2D eigenvalue weighted by Crippen LogP contribution is 1.81. The maximum atomic E-state index is 10.4. The highest BCUT2D eigenvalue weighted by atomic mass is 35.5. The Morgan fingerprint density at radius 3 is 2.38 bits per heavy atom. The summed E-state index contributed by atoms with van der Waals surface area (Å²) in [5.74, 6) is -0.243. The number of halogens is 1. The molecular weight excluding hydrogens is 128 g/mol. The summed E-state index contributed by atoms with van der Waals surface area (Å²) in [5.41, 5.74) is 10.2. The van der Waals surface area contributed by atoms with Gasteiger partial charge >= 0.3 is 0 Å². The smallest absolute Gasteiger partial charge is 0.165 e. The maximum Gasteiger partial charge on any atom is 0.165 e. The van der Waals surface area contributed by atoms with Crippen LogP contribution < -0.4 is 11.5 Å². The van der Waals surface area contributed by atoms with Gasteiger partial charge in [0, 0.05) is 6.54 Å². The first kappa shape index (κ1) is 7.88. The molecule has 0 saturated heterocycles. The number of hydrogen-bond acceptors (Lipinski definition) is 3. The Labute approximate surface area is 53.0 Å². The average molecular weight is 137 g/mol. The number of carbonyl (C=O) groups is 1. The van der Waals surface area contributed by atoms with E-state index in [1.54, 1.807) is 0 Å². The lowest BCUT2D eigenvalue weighted by Crippen LogP contribution is -2.38. The molecule has 0 aromatic rings. The van der Waals surface area contributed by atoms with Crippen molar-refractivity contribution in [1.82, 2.24) is 0 Å². The van der Waals surface area contributed by atoms with Crippen molar-refractivity contribution < 1.29 is 4.79 Å². The normalized spacial score (nSPS) is 13.4. The highest BCUT2D eigenvalue weighted by Gasteiger charge is 2.07.